The van der Waals surface area contributed by atoms with Crippen molar-refractivity contribution in [3.8, 4) is 0 Å². The van der Waals surface area contributed by atoms with E-state index in [1.807, 2.05) is 13.8 Å². The van der Waals surface area contributed by atoms with Crippen LogP contribution in [0.25, 0.3) is 10.4 Å². The van der Waals surface area contributed by atoms with E-state index in [4.69, 9.17) is 16.4 Å². The van der Waals surface area contributed by atoms with Crippen LogP contribution >= 0.6 is 21.6 Å². The van der Waals surface area contributed by atoms with E-state index in [0.29, 0.717) is 18.2 Å². The van der Waals surface area contributed by atoms with Gasteiger partial charge in [0.25, 0.3) is 0 Å². The lowest BCUT2D eigenvalue weighted by Gasteiger charge is -2.17. The van der Waals surface area contributed by atoms with Crippen LogP contribution in [0.5, 0.6) is 0 Å². The molecule has 0 aromatic heterocycles. The molecule has 9 heteroatoms. The number of carboxylic acid groups (broad SMARTS) is 1. The van der Waals surface area contributed by atoms with Gasteiger partial charge in [0.05, 0.1) is 11.8 Å². The van der Waals surface area contributed by atoms with E-state index in [2.05, 4.69) is 15.6 Å². The Labute approximate surface area is 108 Å². The quantitative estimate of drug-likeness (QED) is 0.194. The fourth-order valence-electron chi connectivity index (χ4n) is 0.905. The first kappa shape index (κ1) is 16.2. The first-order valence-electron chi connectivity index (χ1n) is 5.04. The van der Waals surface area contributed by atoms with Gasteiger partial charge >= 0.3 is 5.97 Å². The predicted octanol–water partition coefficient (Wildman–Crippen LogP) is 1.76. The van der Waals surface area contributed by atoms with Crippen molar-refractivity contribution >= 4 is 27.6 Å². The maximum Gasteiger partial charge on any atom is 0.320 e. The number of hydrogen-bond acceptors (Lipinski definition) is 5. The first-order chi connectivity index (χ1) is 7.97. The molecule has 0 bridgehead atoms. The summed E-state index contributed by atoms with van der Waals surface area (Å²) >= 11 is 0. The molecule has 0 heterocycles. The number of rotatable bonds is 9. The summed E-state index contributed by atoms with van der Waals surface area (Å²) < 4.78 is 0. The summed E-state index contributed by atoms with van der Waals surface area (Å²) in [7, 11) is 3.20. The van der Waals surface area contributed by atoms with Gasteiger partial charge in [-0.1, -0.05) is 35.4 Å². The van der Waals surface area contributed by atoms with Gasteiger partial charge in [-0.15, -0.1) is 5.53 Å². The summed E-state index contributed by atoms with van der Waals surface area (Å²) in [4.78, 5) is 13.2. The predicted molar refractivity (Wildman–Crippen MR) is 71.5 cm³/mol. The zero-order valence-electron chi connectivity index (χ0n) is 9.74. The monoisotopic (exact) mass is 279 g/mol. The second-order valence-electron chi connectivity index (χ2n) is 3.60. The van der Waals surface area contributed by atoms with Gasteiger partial charge in [-0.3, -0.25) is 10.2 Å². The highest BCUT2D eigenvalue weighted by molar-refractivity contribution is 8.77. The molecule has 0 aromatic rings. The Hall–Kier alpha value is -0.760. The second kappa shape index (κ2) is 9.29. The molecule has 0 saturated carbocycles. The molecule has 2 atom stereocenters. The highest BCUT2D eigenvalue weighted by Gasteiger charge is 2.20. The molecule has 1 unspecified atom stereocenters. The molecule has 4 N–H and O–H groups in total. The lowest BCUT2D eigenvalue weighted by molar-refractivity contribution is -0.138. The van der Waals surface area contributed by atoms with Crippen LogP contribution in [-0.2, 0) is 4.79 Å². The third-order valence-corrected chi connectivity index (χ3v) is 5.08. The molecule has 0 spiro atoms. The minimum absolute atomic E-state index is 0.0148. The maximum atomic E-state index is 10.7. The highest BCUT2D eigenvalue weighted by Crippen LogP contribution is 2.32. The van der Waals surface area contributed by atoms with Crippen LogP contribution in [0.4, 0.5) is 0 Å². The SMILES string of the molecule is CC(C)SSC(CNN=[N+]=[N-])C[C@H](N)C(=O)O. The number of nitrogens with zero attached hydrogens (tertiary/aromatic N) is 3. The summed E-state index contributed by atoms with van der Waals surface area (Å²) in [5.41, 5.74) is 16.1. The van der Waals surface area contributed by atoms with Crippen molar-refractivity contribution in [1.29, 1.82) is 0 Å². The summed E-state index contributed by atoms with van der Waals surface area (Å²) in [6.07, 6.45) is 0.327. The van der Waals surface area contributed by atoms with Crippen molar-refractivity contribution in [2.75, 3.05) is 6.54 Å². The Kier molecular flexibility index (Phi) is 8.87. The van der Waals surface area contributed by atoms with Crippen LogP contribution in [0.1, 0.15) is 20.3 Å². The highest BCUT2D eigenvalue weighted by atomic mass is 33.1. The van der Waals surface area contributed by atoms with Gasteiger partial charge in [-0.05, 0) is 11.6 Å². The summed E-state index contributed by atoms with van der Waals surface area (Å²) in [5.74, 6) is -1.02. The number of hydrogen-bond donors (Lipinski definition) is 3. The zero-order valence-corrected chi connectivity index (χ0v) is 11.4. The minimum Gasteiger partial charge on any atom is -0.480 e. The average molecular weight is 279 g/mol. The van der Waals surface area contributed by atoms with E-state index in [-0.39, 0.29) is 5.25 Å². The largest absolute Gasteiger partial charge is 0.480 e. The first-order valence-corrected chi connectivity index (χ1v) is 7.32. The smallest absolute Gasteiger partial charge is 0.320 e. The molecule has 0 aromatic carbocycles. The van der Waals surface area contributed by atoms with E-state index in [1.54, 1.807) is 21.6 Å². The number of carbonyl (C=O) groups is 1. The van der Waals surface area contributed by atoms with Crippen LogP contribution < -0.4 is 11.2 Å². The van der Waals surface area contributed by atoms with Crippen LogP contribution in [-0.4, -0.2) is 34.2 Å². The van der Waals surface area contributed by atoms with Crippen LogP contribution in [0.3, 0.4) is 0 Å². The third kappa shape index (κ3) is 8.99. The van der Waals surface area contributed by atoms with Crippen LogP contribution in [0.15, 0.2) is 5.22 Å². The van der Waals surface area contributed by atoms with E-state index >= 15 is 0 Å². The molecular formula is C8H17N5O2S2. The van der Waals surface area contributed by atoms with Gasteiger partial charge in [0.1, 0.15) is 6.04 Å². The Balaban J connectivity index is 4.17. The Morgan fingerprint density at radius 1 is 1.59 bits per heavy atom. The molecule has 7 nitrogen and oxygen atoms in total. The van der Waals surface area contributed by atoms with Gasteiger partial charge < -0.3 is 10.8 Å². The Bertz CT molecular complexity index is 283. The average Bonchev–Trinajstić information content (AvgIpc) is 2.25. The molecule has 0 aliphatic heterocycles. The van der Waals surface area contributed by atoms with E-state index in [1.165, 1.54) is 0 Å². The zero-order chi connectivity index (χ0) is 13.3. The molecule has 0 fully saturated rings. The van der Waals surface area contributed by atoms with E-state index < -0.39 is 12.0 Å². The molecule has 0 amide bonds. The van der Waals surface area contributed by atoms with Crippen molar-refractivity contribution in [1.82, 2.24) is 5.43 Å². The normalized spacial score (nSPS) is 13.9. The summed E-state index contributed by atoms with van der Waals surface area (Å²) in [6, 6.07) is -0.895. The fourth-order valence-corrected chi connectivity index (χ4v) is 3.29. The summed E-state index contributed by atoms with van der Waals surface area (Å²) in [6.45, 7) is 4.49. The number of carboxylic acids is 1. The minimum atomic E-state index is -1.02. The van der Waals surface area contributed by atoms with Gasteiger partial charge in [0.15, 0.2) is 0 Å². The van der Waals surface area contributed by atoms with Gasteiger partial charge in [0, 0.05) is 5.25 Å². The molecule has 0 aliphatic rings. The Morgan fingerprint density at radius 3 is 2.71 bits per heavy atom. The molecule has 17 heavy (non-hydrogen) atoms. The maximum absolute atomic E-state index is 10.7. The summed E-state index contributed by atoms with van der Waals surface area (Å²) in [5, 5.41) is 12.4. The number of nitrogens with one attached hydrogen (secondary N) is 1. The van der Waals surface area contributed by atoms with Crippen molar-refractivity contribution in [3.05, 3.63) is 10.4 Å². The van der Waals surface area contributed by atoms with Crippen molar-refractivity contribution in [2.45, 2.75) is 36.8 Å². The van der Waals surface area contributed by atoms with Crippen molar-refractivity contribution in [3.63, 3.8) is 0 Å². The Morgan fingerprint density at radius 2 is 2.24 bits per heavy atom. The van der Waals surface area contributed by atoms with Gasteiger partial charge in [0.2, 0.25) is 0 Å². The third-order valence-electron chi connectivity index (χ3n) is 1.65. The lowest BCUT2D eigenvalue weighted by Crippen LogP contribution is -2.35. The molecule has 0 saturated heterocycles. The standard InChI is InChI=1S/C8H17N5O2S2/c1-5(2)16-17-6(4-11-13-12-10)3-7(9)8(14)15/h5-7,11H,3-4,9H2,1-2H3,(H,14,15)/t6?,7-/m0/s1. The molecule has 0 radical (unpaired) electrons. The van der Waals surface area contributed by atoms with Gasteiger partial charge in [-0.25, -0.2) is 0 Å². The number of aliphatic carboxylic acids is 1. The fraction of sp³-hybridized carbons (Fsp3) is 0.875. The van der Waals surface area contributed by atoms with Crippen LogP contribution in [0, 0.1) is 0 Å². The molecular weight excluding hydrogens is 262 g/mol. The molecule has 0 rings (SSSR count). The topological polar surface area (TPSA) is 124 Å². The van der Waals surface area contributed by atoms with E-state index in [9.17, 15) is 4.79 Å². The number of azide groups is 1. The second-order valence-corrected chi connectivity index (χ2v) is 6.74. The van der Waals surface area contributed by atoms with E-state index in [0.717, 1.165) is 0 Å². The number of nitrogens with two attached hydrogens (primary N) is 1. The molecule has 98 valence electrons. The lowest BCUT2D eigenvalue weighted by atomic mass is 10.1. The van der Waals surface area contributed by atoms with Crippen molar-refractivity contribution < 1.29 is 9.90 Å². The van der Waals surface area contributed by atoms with Gasteiger partial charge in [-0.2, -0.15) is 4.91 Å². The molecule has 0 aliphatic carbocycles. The van der Waals surface area contributed by atoms with Crippen LogP contribution in [0.2, 0.25) is 0 Å². The van der Waals surface area contributed by atoms with Crippen molar-refractivity contribution in [2.24, 2.45) is 11.0 Å².